The number of rotatable bonds is 5. The van der Waals surface area contributed by atoms with E-state index in [1.165, 1.54) is 0 Å². The fraction of sp³-hybridized carbons (Fsp3) is 0.308. The van der Waals surface area contributed by atoms with Crippen molar-refractivity contribution in [2.45, 2.75) is 19.6 Å². The van der Waals surface area contributed by atoms with Gasteiger partial charge in [-0.2, -0.15) is 0 Å². The summed E-state index contributed by atoms with van der Waals surface area (Å²) in [6.07, 6.45) is 4.94. The molecule has 0 aliphatic heterocycles. The van der Waals surface area contributed by atoms with Crippen LogP contribution in [0.2, 0.25) is 0 Å². The van der Waals surface area contributed by atoms with Crippen molar-refractivity contribution in [1.29, 1.82) is 0 Å². The van der Waals surface area contributed by atoms with Crippen LogP contribution in [0.5, 0.6) is 5.75 Å². The summed E-state index contributed by atoms with van der Waals surface area (Å²) in [7, 11) is 0. The first-order valence-electron chi connectivity index (χ1n) is 5.62. The van der Waals surface area contributed by atoms with Gasteiger partial charge in [0.15, 0.2) is 0 Å². The lowest BCUT2D eigenvalue weighted by Gasteiger charge is -2.09. The van der Waals surface area contributed by atoms with Crippen molar-refractivity contribution in [3.63, 3.8) is 0 Å². The fourth-order valence-corrected chi connectivity index (χ4v) is 1.55. The molecule has 1 atom stereocenters. The maximum atomic E-state index is 9.46. The third kappa shape index (κ3) is 3.32. The highest BCUT2D eigenvalue weighted by Gasteiger charge is 2.02. The third-order valence-electron chi connectivity index (χ3n) is 2.52. The Morgan fingerprint density at radius 2 is 2.35 bits per heavy atom. The number of benzene rings is 1. The third-order valence-corrected chi connectivity index (χ3v) is 2.52. The van der Waals surface area contributed by atoms with Crippen molar-refractivity contribution >= 4 is 0 Å². The summed E-state index contributed by atoms with van der Waals surface area (Å²) in [5.74, 6) is 0.781. The van der Waals surface area contributed by atoms with Crippen LogP contribution in [0.1, 0.15) is 18.6 Å². The van der Waals surface area contributed by atoms with E-state index in [0.29, 0.717) is 6.61 Å². The minimum atomic E-state index is -0.466. The van der Waals surface area contributed by atoms with Gasteiger partial charge >= 0.3 is 0 Å². The highest BCUT2D eigenvalue weighted by molar-refractivity contribution is 5.29. The summed E-state index contributed by atoms with van der Waals surface area (Å²) in [5, 5.41) is 9.46. The van der Waals surface area contributed by atoms with E-state index in [1.807, 2.05) is 35.0 Å². The molecule has 4 heteroatoms. The average molecular weight is 232 g/mol. The van der Waals surface area contributed by atoms with E-state index in [2.05, 4.69) is 4.98 Å². The molecule has 4 nitrogen and oxygen atoms in total. The van der Waals surface area contributed by atoms with Crippen molar-refractivity contribution in [2.75, 3.05) is 6.61 Å². The van der Waals surface area contributed by atoms with Gasteiger partial charge in [-0.3, -0.25) is 0 Å². The van der Waals surface area contributed by atoms with E-state index in [1.54, 1.807) is 19.4 Å². The number of ether oxygens (including phenoxy) is 1. The topological polar surface area (TPSA) is 47.3 Å². The fourth-order valence-electron chi connectivity index (χ4n) is 1.55. The van der Waals surface area contributed by atoms with Crippen LogP contribution in [-0.4, -0.2) is 21.3 Å². The molecule has 0 saturated heterocycles. The van der Waals surface area contributed by atoms with Gasteiger partial charge in [-0.15, -0.1) is 0 Å². The SMILES string of the molecule is C[C@H](O)c1cccc(OCCn2ccnc2)c1. The van der Waals surface area contributed by atoms with Crippen LogP contribution in [-0.2, 0) is 6.54 Å². The first kappa shape index (κ1) is 11.7. The first-order chi connectivity index (χ1) is 8.25. The van der Waals surface area contributed by atoms with Gasteiger partial charge < -0.3 is 14.4 Å². The molecule has 2 rings (SSSR count). The van der Waals surface area contributed by atoms with Crippen LogP contribution in [0.25, 0.3) is 0 Å². The van der Waals surface area contributed by atoms with Gasteiger partial charge in [0.05, 0.1) is 19.0 Å². The van der Waals surface area contributed by atoms with E-state index in [0.717, 1.165) is 17.9 Å². The molecule has 1 heterocycles. The zero-order valence-corrected chi connectivity index (χ0v) is 9.78. The molecule has 1 aromatic carbocycles. The summed E-state index contributed by atoms with van der Waals surface area (Å²) in [6, 6.07) is 7.51. The molecule has 1 N–H and O–H groups in total. The van der Waals surface area contributed by atoms with Crippen LogP contribution >= 0.6 is 0 Å². The van der Waals surface area contributed by atoms with Crippen LogP contribution in [0, 0.1) is 0 Å². The monoisotopic (exact) mass is 232 g/mol. The molecule has 90 valence electrons. The predicted molar refractivity (Wildman–Crippen MR) is 64.8 cm³/mol. The molecule has 0 unspecified atom stereocenters. The minimum absolute atomic E-state index is 0.466. The number of aliphatic hydroxyl groups is 1. The summed E-state index contributed by atoms with van der Waals surface area (Å²) < 4.78 is 7.57. The molecule has 0 aliphatic carbocycles. The van der Waals surface area contributed by atoms with Gasteiger partial charge in [-0.25, -0.2) is 4.98 Å². The van der Waals surface area contributed by atoms with Crippen molar-refractivity contribution in [3.8, 4) is 5.75 Å². The Hall–Kier alpha value is -1.81. The van der Waals surface area contributed by atoms with E-state index in [4.69, 9.17) is 4.74 Å². The summed E-state index contributed by atoms with van der Waals surface area (Å²) >= 11 is 0. The highest BCUT2D eigenvalue weighted by Crippen LogP contribution is 2.18. The van der Waals surface area contributed by atoms with Gasteiger partial charge in [0.25, 0.3) is 0 Å². The van der Waals surface area contributed by atoms with Crippen molar-refractivity contribution in [2.24, 2.45) is 0 Å². The number of hydrogen-bond acceptors (Lipinski definition) is 3. The van der Waals surface area contributed by atoms with Gasteiger partial charge in [-0.1, -0.05) is 12.1 Å². The van der Waals surface area contributed by atoms with Crippen molar-refractivity contribution < 1.29 is 9.84 Å². The summed E-state index contributed by atoms with van der Waals surface area (Å²) in [6.45, 7) is 3.09. The molecular formula is C13H16N2O2. The van der Waals surface area contributed by atoms with E-state index in [-0.39, 0.29) is 0 Å². The Morgan fingerprint density at radius 3 is 3.06 bits per heavy atom. The lowest BCUT2D eigenvalue weighted by molar-refractivity contribution is 0.198. The molecule has 1 aromatic heterocycles. The highest BCUT2D eigenvalue weighted by atomic mass is 16.5. The number of aliphatic hydroxyl groups excluding tert-OH is 1. The standard InChI is InChI=1S/C13H16N2O2/c1-11(16)12-3-2-4-13(9-12)17-8-7-15-6-5-14-10-15/h2-6,9-11,16H,7-8H2,1H3/t11-/m0/s1. The Kier molecular flexibility index (Phi) is 3.77. The second kappa shape index (κ2) is 5.50. The van der Waals surface area contributed by atoms with Gasteiger partial charge in [0.2, 0.25) is 0 Å². The lowest BCUT2D eigenvalue weighted by atomic mass is 10.1. The summed E-state index contributed by atoms with van der Waals surface area (Å²) in [4.78, 5) is 3.96. The molecule has 17 heavy (non-hydrogen) atoms. The Labute approximate surface area is 100 Å². The molecule has 0 fully saturated rings. The average Bonchev–Trinajstić information content (AvgIpc) is 2.82. The van der Waals surface area contributed by atoms with Crippen molar-refractivity contribution in [3.05, 3.63) is 48.5 Å². The van der Waals surface area contributed by atoms with Crippen LogP contribution in [0.15, 0.2) is 43.0 Å². The van der Waals surface area contributed by atoms with Gasteiger partial charge in [0, 0.05) is 12.4 Å². The largest absolute Gasteiger partial charge is 0.492 e. The number of hydrogen-bond donors (Lipinski definition) is 1. The quantitative estimate of drug-likeness (QED) is 0.857. The van der Waals surface area contributed by atoms with E-state index < -0.39 is 6.10 Å². The zero-order valence-electron chi connectivity index (χ0n) is 9.78. The molecule has 0 saturated carbocycles. The second-order valence-electron chi connectivity index (χ2n) is 3.90. The Morgan fingerprint density at radius 1 is 1.47 bits per heavy atom. The van der Waals surface area contributed by atoms with Gasteiger partial charge in [-0.05, 0) is 24.6 Å². The first-order valence-corrected chi connectivity index (χ1v) is 5.62. The number of imidazole rings is 1. The van der Waals surface area contributed by atoms with Gasteiger partial charge in [0.1, 0.15) is 12.4 Å². The van der Waals surface area contributed by atoms with Crippen molar-refractivity contribution in [1.82, 2.24) is 9.55 Å². The molecular weight excluding hydrogens is 216 g/mol. The molecule has 0 spiro atoms. The van der Waals surface area contributed by atoms with E-state index in [9.17, 15) is 5.11 Å². The van der Waals surface area contributed by atoms with Crippen LogP contribution in [0.4, 0.5) is 0 Å². The second-order valence-corrected chi connectivity index (χ2v) is 3.90. The Bertz CT molecular complexity index is 452. The normalized spacial score (nSPS) is 12.4. The lowest BCUT2D eigenvalue weighted by Crippen LogP contribution is -2.06. The maximum absolute atomic E-state index is 9.46. The molecule has 0 amide bonds. The van der Waals surface area contributed by atoms with Crippen LogP contribution < -0.4 is 4.74 Å². The Balaban J connectivity index is 1.88. The maximum Gasteiger partial charge on any atom is 0.119 e. The zero-order chi connectivity index (χ0) is 12.1. The smallest absolute Gasteiger partial charge is 0.119 e. The minimum Gasteiger partial charge on any atom is -0.492 e. The number of nitrogens with zero attached hydrogens (tertiary/aromatic N) is 2. The number of aromatic nitrogens is 2. The molecule has 0 radical (unpaired) electrons. The molecule has 0 bridgehead atoms. The molecule has 2 aromatic rings. The molecule has 0 aliphatic rings. The summed E-state index contributed by atoms with van der Waals surface area (Å²) in [5.41, 5.74) is 0.866. The van der Waals surface area contributed by atoms with E-state index >= 15 is 0 Å². The van der Waals surface area contributed by atoms with Crippen LogP contribution in [0.3, 0.4) is 0 Å². The predicted octanol–water partition coefficient (Wildman–Crippen LogP) is 2.02.